The van der Waals surface area contributed by atoms with E-state index in [2.05, 4.69) is 5.32 Å². The third kappa shape index (κ3) is 7.57. The van der Waals surface area contributed by atoms with Gasteiger partial charge in [0.05, 0.1) is 12.4 Å². The first-order chi connectivity index (χ1) is 12.5. The first kappa shape index (κ1) is 19.8. The van der Waals surface area contributed by atoms with Crippen LogP contribution in [-0.4, -0.2) is 29.3 Å². The van der Waals surface area contributed by atoms with Gasteiger partial charge in [-0.25, -0.2) is 4.39 Å². The number of nitrogens with one attached hydrogen (secondary N) is 1. The second kappa shape index (κ2) is 10.5. The molecule has 2 rings (SSSR count). The number of carbonyl (C=O) groups is 2. The zero-order chi connectivity index (χ0) is 18.8. The van der Waals surface area contributed by atoms with Crippen molar-refractivity contribution < 1.29 is 23.8 Å². The highest BCUT2D eigenvalue weighted by Gasteiger charge is 2.05. The molecule has 0 unspecified atom stereocenters. The molecule has 7 heteroatoms. The van der Waals surface area contributed by atoms with Gasteiger partial charge in [0.25, 0.3) is 0 Å². The predicted molar refractivity (Wildman–Crippen MR) is 100.0 cm³/mol. The number of rotatable bonds is 10. The first-order valence-corrected chi connectivity index (χ1v) is 9.25. The van der Waals surface area contributed by atoms with Crippen molar-refractivity contribution in [2.75, 3.05) is 17.7 Å². The highest BCUT2D eigenvalue weighted by atomic mass is 32.2. The molecule has 26 heavy (non-hydrogen) atoms. The Hall–Kier alpha value is -2.54. The van der Waals surface area contributed by atoms with E-state index < -0.39 is 5.97 Å². The van der Waals surface area contributed by atoms with Crippen molar-refractivity contribution in [3.8, 4) is 5.75 Å². The van der Waals surface area contributed by atoms with Gasteiger partial charge in [0.1, 0.15) is 11.6 Å². The third-order valence-electron chi connectivity index (χ3n) is 3.32. The summed E-state index contributed by atoms with van der Waals surface area (Å²) in [6.07, 6.45) is 0.795. The number of thioether (sulfide) groups is 1. The number of hydrogen-bond acceptors (Lipinski definition) is 4. The van der Waals surface area contributed by atoms with Crippen LogP contribution in [0, 0.1) is 5.82 Å². The van der Waals surface area contributed by atoms with Crippen LogP contribution in [0.25, 0.3) is 0 Å². The van der Waals surface area contributed by atoms with Gasteiger partial charge in [-0.2, -0.15) is 0 Å². The Morgan fingerprint density at radius 2 is 1.96 bits per heavy atom. The van der Waals surface area contributed by atoms with Crippen LogP contribution in [0.4, 0.5) is 10.1 Å². The number of halogens is 1. The molecule has 0 aromatic heterocycles. The maximum absolute atomic E-state index is 13.0. The Kier molecular flexibility index (Phi) is 7.95. The molecular weight excluding hydrogens is 357 g/mol. The number of carbonyl (C=O) groups excluding carboxylic acids is 1. The fourth-order valence-electron chi connectivity index (χ4n) is 2.20. The van der Waals surface area contributed by atoms with Gasteiger partial charge in [-0.3, -0.25) is 9.59 Å². The minimum Gasteiger partial charge on any atom is -0.493 e. The Morgan fingerprint density at radius 1 is 1.15 bits per heavy atom. The highest BCUT2D eigenvalue weighted by molar-refractivity contribution is 7.99. The van der Waals surface area contributed by atoms with E-state index in [4.69, 9.17) is 9.84 Å². The van der Waals surface area contributed by atoms with Crippen molar-refractivity contribution in [2.45, 2.75) is 18.6 Å². The van der Waals surface area contributed by atoms with Crippen LogP contribution in [0.2, 0.25) is 0 Å². The average Bonchev–Trinajstić information content (AvgIpc) is 2.59. The van der Waals surface area contributed by atoms with Crippen LogP contribution in [0.3, 0.4) is 0 Å². The van der Waals surface area contributed by atoms with Crippen LogP contribution in [0.1, 0.15) is 18.4 Å². The highest BCUT2D eigenvalue weighted by Crippen LogP contribution is 2.17. The van der Waals surface area contributed by atoms with Gasteiger partial charge in [-0.15, -0.1) is 11.8 Å². The van der Waals surface area contributed by atoms with Crippen LogP contribution in [-0.2, 0) is 15.3 Å². The molecule has 0 aliphatic carbocycles. The van der Waals surface area contributed by atoms with E-state index in [0.717, 1.165) is 5.56 Å². The molecule has 0 saturated carbocycles. The molecule has 1 amide bonds. The van der Waals surface area contributed by atoms with Gasteiger partial charge in [0.2, 0.25) is 5.91 Å². The normalized spacial score (nSPS) is 10.3. The Bertz CT molecular complexity index is 754. The van der Waals surface area contributed by atoms with E-state index in [1.54, 1.807) is 18.2 Å². The van der Waals surface area contributed by atoms with E-state index in [0.29, 0.717) is 30.2 Å². The van der Waals surface area contributed by atoms with Crippen molar-refractivity contribution in [1.29, 1.82) is 0 Å². The quantitative estimate of drug-likeness (QED) is 0.614. The topological polar surface area (TPSA) is 75.6 Å². The maximum Gasteiger partial charge on any atom is 0.313 e. The lowest BCUT2D eigenvalue weighted by molar-refractivity contribution is -0.133. The van der Waals surface area contributed by atoms with E-state index in [1.807, 2.05) is 18.2 Å². The standard InChI is InChI=1S/C19H20FNO4S/c20-15-5-2-7-17(11-15)25-9-3-8-18(22)21-16-6-1-4-14(10-16)12-26-13-19(23)24/h1-2,4-7,10-11H,3,8-9,12-13H2,(H,21,22)(H,23,24). The lowest BCUT2D eigenvalue weighted by atomic mass is 10.2. The van der Waals surface area contributed by atoms with Gasteiger partial charge >= 0.3 is 5.97 Å². The summed E-state index contributed by atoms with van der Waals surface area (Å²) < 4.78 is 18.4. The van der Waals surface area contributed by atoms with Crippen LogP contribution in [0.15, 0.2) is 48.5 Å². The van der Waals surface area contributed by atoms with Crippen LogP contribution >= 0.6 is 11.8 Å². The van der Waals surface area contributed by atoms with Crippen LogP contribution in [0.5, 0.6) is 5.75 Å². The summed E-state index contributed by atoms with van der Waals surface area (Å²) in [6.45, 7) is 0.322. The molecule has 0 heterocycles. The Balaban J connectivity index is 1.71. The zero-order valence-corrected chi connectivity index (χ0v) is 14.9. The number of anilines is 1. The van der Waals surface area contributed by atoms with Gasteiger partial charge in [-0.05, 0) is 36.2 Å². The summed E-state index contributed by atoms with van der Waals surface area (Å²) >= 11 is 1.30. The summed E-state index contributed by atoms with van der Waals surface area (Å²) in [6, 6.07) is 13.2. The summed E-state index contributed by atoms with van der Waals surface area (Å²) in [5, 5.41) is 11.5. The number of carboxylic acid groups (broad SMARTS) is 1. The molecule has 0 atom stereocenters. The number of benzene rings is 2. The summed E-state index contributed by atoms with van der Waals surface area (Å²) in [4.78, 5) is 22.5. The Labute approximate surface area is 155 Å². The molecule has 0 fully saturated rings. The van der Waals surface area contributed by atoms with Crippen molar-refractivity contribution in [3.63, 3.8) is 0 Å². The minimum atomic E-state index is -0.847. The van der Waals surface area contributed by atoms with Crippen molar-refractivity contribution in [2.24, 2.45) is 0 Å². The molecule has 0 saturated heterocycles. The molecular formula is C19H20FNO4S. The molecule has 0 bridgehead atoms. The molecule has 0 aliphatic rings. The number of carboxylic acids is 1. The lowest BCUT2D eigenvalue weighted by Crippen LogP contribution is -2.13. The molecule has 2 N–H and O–H groups in total. The van der Waals surface area contributed by atoms with Gasteiger partial charge in [-0.1, -0.05) is 18.2 Å². The molecule has 0 radical (unpaired) electrons. The van der Waals surface area contributed by atoms with E-state index in [1.165, 1.54) is 23.9 Å². The SMILES string of the molecule is O=C(O)CSCc1cccc(NC(=O)CCCOc2cccc(F)c2)c1. The van der Waals surface area contributed by atoms with Crippen molar-refractivity contribution in [3.05, 3.63) is 59.9 Å². The van der Waals surface area contributed by atoms with Crippen molar-refractivity contribution in [1.82, 2.24) is 0 Å². The summed E-state index contributed by atoms with van der Waals surface area (Å²) in [5.41, 5.74) is 1.62. The molecule has 0 aliphatic heterocycles. The summed E-state index contributed by atoms with van der Waals surface area (Å²) in [5.74, 6) is -0.291. The largest absolute Gasteiger partial charge is 0.493 e. The fourth-order valence-corrected chi connectivity index (χ4v) is 2.89. The molecule has 138 valence electrons. The van der Waals surface area contributed by atoms with E-state index in [-0.39, 0.29) is 23.9 Å². The number of hydrogen-bond donors (Lipinski definition) is 2. The first-order valence-electron chi connectivity index (χ1n) is 8.09. The lowest BCUT2D eigenvalue weighted by Gasteiger charge is -2.08. The second-order valence-electron chi connectivity index (χ2n) is 5.54. The smallest absolute Gasteiger partial charge is 0.313 e. The second-order valence-corrected chi connectivity index (χ2v) is 6.53. The van der Waals surface area contributed by atoms with Crippen molar-refractivity contribution >= 4 is 29.3 Å². The third-order valence-corrected chi connectivity index (χ3v) is 4.31. The zero-order valence-electron chi connectivity index (χ0n) is 14.1. The van der Waals surface area contributed by atoms with Crippen LogP contribution < -0.4 is 10.1 Å². The Morgan fingerprint density at radius 3 is 2.73 bits per heavy atom. The maximum atomic E-state index is 13.0. The average molecular weight is 377 g/mol. The molecule has 2 aromatic rings. The number of ether oxygens (including phenoxy) is 1. The van der Waals surface area contributed by atoms with Gasteiger partial charge in [0, 0.05) is 23.9 Å². The number of aliphatic carboxylic acids is 1. The van der Waals surface area contributed by atoms with Gasteiger partial charge < -0.3 is 15.2 Å². The van der Waals surface area contributed by atoms with E-state index in [9.17, 15) is 14.0 Å². The molecule has 0 spiro atoms. The fraction of sp³-hybridized carbons (Fsp3) is 0.263. The molecule has 2 aromatic carbocycles. The molecule has 5 nitrogen and oxygen atoms in total. The van der Waals surface area contributed by atoms with E-state index >= 15 is 0 Å². The number of amides is 1. The van der Waals surface area contributed by atoms with Gasteiger partial charge in [0.15, 0.2) is 0 Å². The summed E-state index contributed by atoms with van der Waals surface area (Å²) in [7, 11) is 0. The minimum absolute atomic E-state index is 0.0436. The predicted octanol–water partition coefficient (Wildman–Crippen LogP) is 3.94. The monoisotopic (exact) mass is 377 g/mol.